The van der Waals surface area contributed by atoms with Crippen LogP contribution in [-0.2, 0) is 11.2 Å². The average Bonchev–Trinajstić information content (AvgIpc) is 3.39. The molecule has 0 bridgehead atoms. The van der Waals surface area contributed by atoms with Gasteiger partial charge in [0.25, 0.3) is 0 Å². The van der Waals surface area contributed by atoms with Crippen LogP contribution >= 0.6 is 11.3 Å². The lowest BCUT2D eigenvalue weighted by Crippen LogP contribution is -2.23. The number of aliphatic carboxylic acids is 1. The summed E-state index contributed by atoms with van der Waals surface area (Å²) in [7, 11) is 0. The maximum Gasteiger partial charge on any atom is 0.309 e. The van der Waals surface area contributed by atoms with Gasteiger partial charge in [-0.05, 0) is 63.3 Å². The van der Waals surface area contributed by atoms with Gasteiger partial charge in [0, 0.05) is 28.2 Å². The lowest BCUT2D eigenvalue weighted by Gasteiger charge is -2.19. The molecule has 0 fully saturated rings. The zero-order valence-electron chi connectivity index (χ0n) is 22.2. The number of aliphatic imine (C=N–C) groups is 1. The van der Waals surface area contributed by atoms with E-state index in [2.05, 4.69) is 77.9 Å². The Bertz CT molecular complexity index is 1470. The first-order valence-corrected chi connectivity index (χ1v) is 13.9. The molecule has 2 N–H and O–H groups in total. The highest BCUT2D eigenvalue weighted by Gasteiger charge is 2.37. The van der Waals surface area contributed by atoms with E-state index >= 15 is 0 Å². The van der Waals surface area contributed by atoms with E-state index in [1.165, 1.54) is 10.4 Å². The van der Waals surface area contributed by atoms with Gasteiger partial charge in [-0.2, -0.15) is 0 Å². The highest BCUT2D eigenvalue weighted by Crippen LogP contribution is 2.41. The molecule has 38 heavy (non-hydrogen) atoms. The van der Waals surface area contributed by atoms with E-state index in [9.17, 15) is 9.90 Å². The molecule has 1 aliphatic heterocycles. The minimum absolute atomic E-state index is 0.445. The maximum absolute atomic E-state index is 12.3. The topological polar surface area (TPSA) is 92.4 Å². The number of aryl methyl sites for hydroxylation is 3. The zero-order chi connectivity index (χ0) is 26.8. The number of benzene rings is 2. The molecule has 4 aromatic rings. The SMILES string of the molecule is CCC(C(=O)O)[C@@H]1N=C(c2ccc(NCCCc3ccccc3)cc2)c2c(sc(C)c2C)-n2c(C)nnc21. The summed E-state index contributed by atoms with van der Waals surface area (Å²) in [5.41, 5.74) is 6.35. The van der Waals surface area contributed by atoms with Gasteiger partial charge in [0.15, 0.2) is 5.82 Å². The van der Waals surface area contributed by atoms with Gasteiger partial charge in [0.1, 0.15) is 16.9 Å². The summed E-state index contributed by atoms with van der Waals surface area (Å²) in [4.78, 5) is 18.6. The predicted octanol–water partition coefficient (Wildman–Crippen LogP) is 6.30. The number of anilines is 1. The number of carboxylic acid groups (broad SMARTS) is 1. The molecule has 0 aliphatic carbocycles. The van der Waals surface area contributed by atoms with Crippen LogP contribution in [0.15, 0.2) is 59.6 Å². The lowest BCUT2D eigenvalue weighted by molar-refractivity contribution is -0.142. The Morgan fingerprint density at radius 1 is 1.08 bits per heavy atom. The molecule has 3 heterocycles. The quantitative estimate of drug-likeness (QED) is 0.249. The Balaban J connectivity index is 1.47. The minimum Gasteiger partial charge on any atom is -0.481 e. The maximum atomic E-state index is 12.3. The first-order valence-electron chi connectivity index (χ1n) is 13.1. The molecule has 5 rings (SSSR count). The summed E-state index contributed by atoms with van der Waals surface area (Å²) >= 11 is 1.68. The highest BCUT2D eigenvalue weighted by molar-refractivity contribution is 7.15. The third-order valence-electron chi connectivity index (χ3n) is 7.30. The third kappa shape index (κ3) is 4.88. The van der Waals surface area contributed by atoms with Gasteiger partial charge in [0.2, 0.25) is 0 Å². The van der Waals surface area contributed by atoms with E-state index in [1.807, 2.05) is 24.5 Å². The van der Waals surface area contributed by atoms with Crippen molar-refractivity contribution in [3.8, 4) is 5.00 Å². The molecular weight excluding hydrogens is 494 g/mol. The number of nitrogens with one attached hydrogen (secondary N) is 1. The number of hydrogen-bond acceptors (Lipinski definition) is 6. The Kier molecular flexibility index (Phi) is 7.42. The normalized spacial score (nSPS) is 15.3. The van der Waals surface area contributed by atoms with Gasteiger partial charge < -0.3 is 10.4 Å². The van der Waals surface area contributed by atoms with Crippen molar-refractivity contribution in [3.05, 3.63) is 93.4 Å². The van der Waals surface area contributed by atoms with Crippen LogP contribution in [0.1, 0.15) is 64.6 Å². The summed E-state index contributed by atoms with van der Waals surface area (Å²) in [5, 5.41) is 23.3. The fourth-order valence-electron chi connectivity index (χ4n) is 5.07. The summed E-state index contributed by atoms with van der Waals surface area (Å²) < 4.78 is 2.01. The van der Waals surface area contributed by atoms with Crippen molar-refractivity contribution in [3.63, 3.8) is 0 Å². The Morgan fingerprint density at radius 3 is 2.50 bits per heavy atom. The summed E-state index contributed by atoms with van der Waals surface area (Å²) in [6.45, 7) is 8.89. The zero-order valence-corrected chi connectivity index (χ0v) is 23.0. The van der Waals surface area contributed by atoms with E-state index in [0.29, 0.717) is 12.2 Å². The number of carbonyl (C=O) groups is 1. The van der Waals surface area contributed by atoms with Gasteiger partial charge in [-0.1, -0.05) is 49.4 Å². The number of carboxylic acids is 1. The van der Waals surface area contributed by atoms with Crippen LogP contribution < -0.4 is 5.32 Å². The molecule has 196 valence electrons. The number of nitrogens with zero attached hydrogens (tertiary/aromatic N) is 4. The Morgan fingerprint density at radius 2 is 1.82 bits per heavy atom. The van der Waals surface area contributed by atoms with Crippen LogP contribution in [0.2, 0.25) is 0 Å². The van der Waals surface area contributed by atoms with E-state index in [-0.39, 0.29) is 0 Å². The van der Waals surface area contributed by atoms with Crippen LogP contribution in [0.25, 0.3) is 5.00 Å². The molecule has 0 saturated heterocycles. The molecule has 0 saturated carbocycles. The van der Waals surface area contributed by atoms with E-state index in [1.54, 1.807) is 11.3 Å². The fraction of sp³-hybridized carbons (Fsp3) is 0.333. The summed E-state index contributed by atoms with van der Waals surface area (Å²) in [6.07, 6.45) is 2.53. The van der Waals surface area contributed by atoms with E-state index in [4.69, 9.17) is 4.99 Å². The molecule has 0 spiro atoms. The van der Waals surface area contributed by atoms with Crippen molar-refractivity contribution in [2.75, 3.05) is 11.9 Å². The number of fused-ring (bicyclic) bond motifs is 3. The van der Waals surface area contributed by atoms with E-state index < -0.39 is 17.9 Å². The minimum atomic E-state index is -0.874. The van der Waals surface area contributed by atoms with E-state index in [0.717, 1.165) is 58.3 Å². The largest absolute Gasteiger partial charge is 0.481 e. The molecule has 1 unspecified atom stereocenters. The van der Waals surface area contributed by atoms with Crippen molar-refractivity contribution in [1.82, 2.24) is 14.8 Å². The van der Waals surface area contributed by atoms with Crippen molar-refractivity contribution >= 4 is 28.7 Å². The van der Waals surface area contributed by atoms with Gasteiger partial charge in [0.05, 0.1) is 11.6 Å². The smallest absolute Gasteiger partial charge is 0.309 e. The molecule has 2 atom stereocenters. The van der Waals surface area contributed by atoms with Crippen molar-refractivity contribution in [1.29, 1.82) is 0 Å². The standard InChI is InChI=1S/C30H33N5O2S/c1-5-24(30(36)37)27-28-34-33-20(4)35(28)29-25(18(2)19(3)38-29)26(32-27)22-13-15-23(16-14-22)31-17-9-12-21-10-7-6-8-11-21/h6-8,10-11,13-16,24,27,31H,5,9,12,17H2,1-4H3,(H,36,37)/t24?,27-/m0/s1. The second kappa shape index (κ2) is 10.9. The molecular formula is C30H33N5O2S. The Hall–Kier alpha value is -3.78. The average molecular weight is 528 g/mol. The molecule has 8 heteroatoms. The van der Waals surface area contributed by atoms with Crippen molar-refractivity contribution < 1.29 is 9.90 Å². The van der Waals surface area contributed by atoms with Crippen LogP contribution in [0.4, 0.5) is 5.69 Å². The number of aromatic nitrogens is 3. The second-order valence-electron chi connectivity index (χ2n) is 9.77. The molecule has 2 aromatic heterocycles. The monoisotopic (exact) mass is 527 g/mol. The summed E-state index contributed by atoms with van der Waals surface area (Å²) in [6, 6.07) is 18.2. The van der Waals surface area contributed by atoms with Gasteiger partial charge in [-0.15, -0.1) is 21.5 Å². The third-order valence-corrected chi connectivity index (χ3v) is 8.49. The predicted molar refractivity (Wildman–Crippen MR) is 153 cm³/mol. The summed E-state index contributed by atoms with van der Waals surface area (Å²) in [5.74, 6) is -0.250. The molecule has 0 amide bonds. The first kappa shape index (κ1) is 25.9. The Labute approximate surface area is 227 Å². The molecule has 1 aliphatic rings. The number of rotatable bonds is 9. The fourth-order valence-corrected chi connectivity index (χ4v) is 6.28. The van der Waals surface area contributed by atoms with Gasteiger partial charge >= 0.3 is 5.97 Å². The number of hydrogen-bond donors (Lipinski definition) is 2. The highest BCUT2D eigenvalue weighted by atomic mass is 32.1. The van der Waals surface area contributed by atoms with Crippen LogP contribution in [0, 0.1) is 26.7 Å². The molecule has 7 nitrogen and oxygen atoms in total. The number of thiophene rings is 1. The lowest BCUT2D eigenvalue weighted by atomic mass is 9.95. The van der Waals surface area contributed by atoms with Crippen molar-refractivity contribution in [2.24, 2.45) is 10.9 Å². The van der Waals surface area contributed by atoms with Gasteiger partial charge in [-0.3, -0.25) is 14.4 Å². The first-order chi connectivity index (χ1) is 18.4. The van der Waals surface area contributed by atoms with Crippen LogP contribution in [-0.4, -0.2) is 38.1 Å². The molecule has 2 aromatic carbocycles. The second-order valence-corrected chi connectivity index (χ2v) is 11.0. The van der Waals surface area contributed by atoms with Crippen molar-refractivity contribution in [2.45, 2.75) is 53.0 Å². The van der Waals surface area contributed by atoms with Crippen LogP contribution in [0.5, 0.6) is 0 Å². The van der Waals surface area contributed by atoms with Crippen LogP contribution in [0.3, 0.4) is 0 Å². The molecule has 0 radical (unpaired) electrons. The van der Waals surface area contributed by atoms with Gasteiger partial charge in [-0.25, -0.2) is 0 Å².